The third kappa shape index (κ3) is 3.93. The zero-order valence-corrected chi connectivity index (χ0v) is 15.8. The first-order valence-corrected chi connectivity index (χ1v) is 8.26. The SMILES string of the molecule is CC1(C)CCC2(C[C@H]1CNc1cc(C#N)ccc1N)OCCO2.[Pd]. The maximum Gasteiger partial charge on any atom is 0.168 e. The molecule has 0 radical (unpaired) electrons. The minimum atomic E-state index is -0.387. The monoisotopic (exact) mass is 421 g/mol. The first-order chi connectivity index (χ1) is 10.9. The molecule has 1 saturated carbocycles. The van der Waals surface area contributed by atoms with Crippen LogP contribution in [0.25, 0.3) is 0 Å². The van der Waals surface area contributed by atoms with Gasteiger partial charge in [-0.1, -0.05) is 13.8 Å². The zero-order valence-electron chi connectivity index (χ0n) is 14.2. The van der Waals surface area contributed by atoms with Gasteiger partial charge in [-0.2, -0.15) is 5.26 Å². The van der Waals surface area contributed by atoms with Crippen molar-refractivity contribution in [3.05, 3.63) is 23.8 Å². The summed E-state index contributed by atoms with van der Waals surface area (Å²) in [6.45, 7) is 6.78. The predicted molar refractivity (Wildman–Crippen MR) is 89.8 cm³/mol. The maximum absolute atomic E-state index is 9.04. The Kier molecular flexibility index (Phi) is 5.94. The molecule has 134 valence electrons. The molecule has 1 spiro atoms. The molecule has 0 unspecified atom stereocenters. The van der Waals surface area contributed by atoms with E-state index in [1.807, 2.05) is 6.07 Å². The number of nitrogen functional groups attached to an aromatic ring is 1. The van der Waals surface area contributed by atoms with Crippen LogP contribution in [0.1, 0.15) is 38.7 Å². The van der Waals surface area contributed by atoms with Gasteiger partial charge in [0.15, 0.2) is 5.79 Å². The first kappa shape index (κ1) is 19.2. The maximum atomic E-state index is 9.04. The summed E-state index contributed by atoms with van der Waals surface area (Å²) in [6.07, 6.45) is 2.93. The van der Waals surface area contributed by atoms with Crippen LogP contribution in [0.4, 0.5) is 11.4 Å². The van der Waals surface area contributed by atoms with E-state index < -0.39 is 0 Å². The number of hydrogen-bond acceptors (Lipinski definition) is 5. The summed E-state index contributed by atoms with van der Waals surface area (Å²) in [7, 11) is 0. The van der Waals surface area contributed by atoms with Crippen LogP contribution in [0.3, 0.4) is 0 Å². The molecule has 3 N–H and O–H groups in total. The van der Waals surface area contributed by atoms with Crippen molar-refractivity contribution in [1.82, 2.24) is 0 Å². The fourth-order valence-electron chi connectivity index (χ4n) is 3.59. The van der Waals surface area contributed by atoms with Crippen molar-refractivity contribution in [1.29, 1.82) is 5.26 Å². The number of anilines is 2. The summed E-state index contributed by atoms with van der Waals surface area (Å²) < 4.78 is 11.8. The molecule has 1 aromatic rings. The van der Waals surface area contributed by atoms with E-state index in [1.54, 1.807) is 12.1 Å². The van der Waals surface area contributed by atoms with E-state index in [0.717, 1.165) is 31.5 Å². The van der Waals surface area contributed by atoms with E-state index >= 15 is 0 Å². The van der Waals surface area contributed by atoms with E-state index in [0.29, 0.717) is 30.4 Å². The molecule has 5 nitrogen and oxygen atoms in total. The van der Waals surface area contributed by atoms with Crippen molar-refractivity contribution in [2.24, 2.45) is 11.3 Å². The molecule has 24 heavy (non-hydrogen) atoms. The van der Waals surface area contributed by atoms with Gasteiger partial charge in [0.1, 0.15) is 0 Å². The van der Waals surface area contributed by atoms with Gasteiger partial charge in [0.2, 0.25) is 0 Å². The van der Waals surface area contributed by atoms with Crippen molar-refractivity contribution in [3.63, 3.8) is 0 Å². The zero-order chi connectivity index (χ0) is 16.5. The van der Waals surface area contributed by atoms with E-state index in [1.165, 1.54) is 0 Å². The molecule has 2 aliphatic rings. The number of hydrogen-bond donors (Lipinski definition) is 2. The van der Waals surface area contributed by atoms with E-state index in [-0.39, 0.29) is 31.6 Å². The molecular weight excluding hydrogens is 397 g/mol. The average molecular weight is 422 g/mol. The van der Waals surface area contributed by atoms with Crippen LogP contribution in [-0.2, 0) is 29.9 Å². The van der Waals surface area contributed by atoms with Gasteiger partial charge in [-0.25, -0.2) is 0 Å². The second-order valence-electron chi connectivity index (χ2n) is 7.29. The molecule has 0 bridgehead atoms. The molecule has 1 atom stereocenters. The Morgan fingerprint density at radius 3 is 2.67 bits per heavy atom. The molecule has 0 aromatic heterocycles. The molecule has 1 aliphatic heterocycles. The van der Waals surface area contributed by atoms with Gasteiger partial charge in [0.05, 0.1) is 36.2 Å². The van der Waals surface area contributed by atoms with Gasteiger partial charge < -0.3 is 20.5 Å². The largest absolute Gasteiger partial charge is 0.397 e. The first-order valence-electron chi connectivity index (χ1n) is 8.26. The molecule has 1 heterocycles. The molecule has 3 rings (SSSR count). The average Bonchev–Trinajstić information content (AvgIpc) is 2.99. The minimum absolute atomic E-state index is 0. The Labute approximate surface area is 157 Å². The topological polar surface area (TPSA) is 80.3 Å². The number of benzene rings is 1. The van der Waals surface area contributed by atoms with Crippen LogP contribution in [0.15, 0.2) is 18.2 Å². The molecule has 1 aliphatic carbocycles. The fourth-order valence-corrected chi connectivity index (χ4v) is 3.59. The van der Waals surface area contributed by atoms with Gasteiger partial charge >= 0.3 is 0 Å². The van der Waals surface area contributed by atoms with Crippen molar-refractivity contribution >= 4 is 11.4 Å². The summed E-state index contributed by atoms with van der Waals surface area (Å²) in [5.74, 6) is 0.0292. The number of ether oxygens (including phenoxy) is 2. The normalized spacial score (nSPS) is 24.1. The number of rotatable bonds is 3. The Balaban J connectivity index is 0.00000208. The summed E-state index contributed by atoms with van der Waals surface area (Å²) >= 11 is 0. The van der Waals surface area contributed by atoms with Crippen molar-refractivity contribution in [2.75, 3.05) is 30.8 Å². The van der Waals surface area contributed by atoms with Gasteiger partial charge in [0.25, 0.3) is 0 Å². The minimum Gasteiger partial charge on any atom is -0.397 e. The molecule has 1 aromatic carbocycles. The summed E-state index contributed by atoms with van der Waals surface area (Å²) in [4.78, 5) is 0. The van der Waals surface area contributed by atoms with Crippen LogP contribution >= 0.6 is 0 Å². The Bertz CT molecular complexity index is 621. The van der Waals surface area contributed by atoms with E-state index in [9.17, 15) is 0 Å². The number of nitrogens with one attached hydrogen (secondary N) is 1. The van der Waals surface area contributed by atoms with Crippen molar-refractivity contribution < 1.29 is 29.9 Å². The number of nitriles is 1. The van der Waals surface area contributed by atoms with Gasteiger partial charge in [0, 0.05) is 39.8 Å². The standard InChI is InChI=1S/C18H25N3O2.Pd/c1-17(2)5-6-18(22-7-8-23-18)10-14(17)12-21-16-9-13(11-19)3-4-15(16)20;/h3-4,9,14,21H,5-8,10,12,20H2,1-2H3;/t14-;/m0./s1. The van der Waals surface area contributed by atoms with Gasteiger partial charge in [-0.15, -0.1) is 0 Å². The Hall–Kier alpha value is -1.11. The molecule has 6 heteroatoms. The van der Waals surface area contributed by atoms with Crippen LogP contribution in [0, 0.1) is 22.7 Å². The van der Waals surface area contributed by atoms with Gasteiger partial charge in [-0.05, 0) is 36.0 Å². The Morgan fingerprint density at radius 1 is 1.29 bits per heavy atom. The van der Waals surface area contributed by atoms with E-state index in [2.05, 4.69) is 25.2 Å². The van der Waals surface area contributed by atoms with Crippen LogP contribution in [-0.4, -0.2) is 25.5 Å². The molecule has 2 fully saturated rings. The molecule has 0 amide bonds. The van der Waals surface area contributed by atoms with Crippen molar-refractivity contribution in [2.45, 2.75) is 38.9 Å². The number of nitrogens with zero attached hydrogens (tertiary/aromatic N) is 1. The fraction of sp³-hybridized carbons (Fsp3) is 0.611. The van der Waals surface area contributed by atoms with Crippen LogP contribution in [0.2, 0.25) is 0 Å². The molecular formula is C18H25N3O2Pd. The second-order valence-corrected chi connectivity index (χ2v) is 7.29. The second kappa shape index (κ2) is 7.42. The van der Waals surface area contributed by atoms with Crippen LogP contribution < -0.4 is 11.1 Å². The smallest absolute Gasteiger partial charge is 0.168 e. The summed E-state index contributed by atoms with van der Waals surface area (Å²) in [5.41, 5.74) is 8.35. The quantitative estimate of drug-likeness (QED) is 0.579. The predicted octanol–water partition coefficient (Wildman–Crippen LogP) is 3.12. The third-order valence-corrected chi connectivity index (χ3v) is 5.35. The van der Waals surface area contributed by atoms with E-state index in [4.69, 9.17) is 20.5 Å². The molecule has 1 saturated heterocycles. The van der Waals surface area contributed by atoms with Gasteiger partial charge in [-0.3, -0.25) is 0 Å². The summed E-state index contributed by atoms with van der Waals surface area (Å²) in [6, 6.07) is 7.47. The van der Waals surface area contributed by atoms with Crippen LogP contribution in [0.5, 0.6) is 0 Å². The number of nitrogens with two attached hydrogens (primary N) is 1. The third-order valence-electron chi connectivity index (χ3n) is 5.35. The van der Waals surface area contributed by atoms with Crippen molar-refractivity contribution in [3.8, 4) is 6.07 Å². The summed E-state index contributed by atoms with van der Waals surface area (Å²) in [5, 5.41) is 12.5. The Morgan fingerprint density at radius 2 is 2.00 bits per heavy atom.